The van der Waals surface area contributed by atoms with Crippen LogP contribution in [-0.4, -0.2) is 16.0 Å². The number of nitrogens with one attached hydrogen (secondary N) is 1. The second-order valence-corrected chi connectivity index (χ2v) is 8.50. The van der Waals surface area contributed by atoms with Gasteiger partial charge < -0.3 is 15.2 Å². The van der Waals surface area contributed by atoms with Gasteiger partial charge in [0, 0.05) is 17.3 Å². The number of carbonyl (C=O) groups excluding carboxylic acids is 1. The van der Waals surface area contributed by atoms with Gasteiger partial charge in [-0.1, -0.05) is 42.5 Å². The van der Waals surface area contributed by atoms with E-state index in [-0.39, 0.29) is 11.7 Å². The monoisotopic (exact) mass is 452 g/mol. The number of phenolic OH excluding ortho intramolecular Hbond substituents is 1. The lowest BCUT2D eigenvalue weighted by Gasteiger charge is -2.09. The third-order valence-electron chi connectivity index (χ3n) is 5.14. The molecule has 0 spiro atoms. The van der Waals surface area contributed by atoms with E-state index in [0.717, 1.165) is 20.8 Å². The number of nitrogens with zero attached hydrogens (tertiary/aromatic N) is 1. The second kappa shape index (κ2) is 9.14. The van der Waals surface area contributed by atoms with Gasteiger partial charge in [-0.2, -0.15) is 0 Å². The summed E-state index contributed by atoms with van der Waals surface area (Å²) < 4.78 is 6.82. The fourth-order valence-corrected chi connectivity index (χ4v) is 4.42. The molecule has 1 heterocycles. The van der Waals surface area contributed by atoms with Gasteiger partial charge in [-0.05, 0) is 54.1 Å². The molecule has 162 valence electrons. The zero-order valence-electron chi connectivity index (χ0n) is 17.6. The molecular weight excluding hydrogens is 432 g/mol. The number of rotatable bonds is 6. The maximum absolute atomic E-state index is 12.6. The SMILES string of the molecule is O=C(Nc1ccc(-c2nc3ccccc3s2)c(O)c1)c1ccc(OCc2ccccc2)cc1. The van der Waals surface area contributed by atoms with Crippen LogP contribution >= 0.6 is 11.3 Å². The predicted octanol–water partition coefficient (Wildman–Crippen LogP) is 6.50. The highest BCUT2D eigenvalue weighted by Crippen LogP contribution is 2.36. The lowest BCUT2D eigenvalue weighted by Crippen LogP contribution is -2.11. The van der Waals surface area contributed by atoms with Crippen molar-refractivity contribution >= 4 is 33.1 Å². The number of aromatic nitrogens is 1. The number of anilines is 1. The molecule has 0 atom stereocenters. The summed E-state index contributed by atoms with van der Waals surface area (Å²) in [6, 6.07) is 29.8. The number of hydrogen-bond donors (Lipinski definition) is 2. The van der Waals surface area contributed by atoms with Crippen LogP contribution in [0.1, 0.15) is 15.9 Å². The number of phenols is 1. The minimum absolute atomic E-state index is 0.0662. The zero-order chi connectivity index (χ0) is 22.6. The molecule has 4 aromatic carbocycles. The van der Waals surface area contributed by atoms with Crippen molar-refractivity contribution in [2.45, 2.75) is 6.61 Å². The van der Waals surface area contributed by atoms with E-state index < -0.39 is 0 Å². The maximum atomic E-state index is 12.6. The summed E-state index contributed by atoms with van der Waals surface area (Å²) >= 11 is 1.51. The second-order valence-electron chi connectivity index (χ2n) is 7.47. The Morgan fingerprint density at radius 3 is 2.42 bits per heavy atom. The van der Waals surface area contributed by atoms with Crippen molar-refractivity contribution in [1.82, 2.24) is 4.98 Å². The minimum Gasteiger partial charge on any atom is -0.507 e. The van der Waals surface area contributed by atoms with Crippen LogP contribution in [-0.2, 0) is 6.61 Å². The Morgan fingerprint density at radius 2 is 1.67 bits per heavy atom. The lowest BCUT2D eigenvalue weighted by molar-refractivity contribution is 0.102. The molecule has 0 bridgehead atoms. The average molecular weight is 453 g/mol. The van der Waals surface area contributed by atoms with Crippen LogP contribution < -0.4 is 10.1 Å². The first-order valence-corrected chi connectivity index (χ1v) is 11.2. The number of fused-ring (bicyclic) bond motifs is 1. The number of amides is 1. The number of carbonyl (C=O) groups is 1. The van der Waals surface area contributed by atoms with E-state index in [9.17, 15) is 9.90 Å². The number of thiazole rings is 1. The van der Waals surface area contributed by atoms with Crippen molar-refractivity contribution in [3.05, 3.63) is 108 Å². The molecule has 1 aromatic heterocycles. The molecule has 5 rings (SSSR count). The van der Waals surface area contributed by atoms with E-state index in [4.69, 9.17) is 4.74 Å². The van der Waals surface area contributed by atoms with Gasteiger partial charge in [-0.3, -0.25) is 4.79 Å². The molecule has 0 aliphatic carbocycles. The van der Waals surface area contributed by atoms with E-state index in [1.165, 1.54) is 17.4 Å². The summed E-state index contributed by atoms with van der Waals surface area (Å²) in [5, 5.41) is 14.1. The van der Waals surface area contributed by atoms with E-state index in [1.807, 2.05) is 54.6 Å². The van der Waals surface area contributed by atoms with Crippen LogP contribution in [0.5, 0.6) is 11.5 Å². The van der Waals surface area contributed by atoms with Gasteiger partial charge in [0.1, 0.15) is 23.1 Å². The van der Waals surface area contributed by atoms with Crippen LogP contribution in [0.4, 0.5) is 5.69 Å². The largest absolute Gasteiger partial charge is 0.507 e. The third-order valence-corrected chi connectivity index (χ3v) is 6.21. The van der Waals surface area contributed by atoms with Gasteiger partial charge in [0.2, 0.25) is 0 Å². The van der Waals surface area contributed by atoms with Crippen molar-refractivity contribution < 1.29 is 14.6 Å². The normalized spacial score (nSPS) is 10.8. The Labute approximate surface area is 194 Å². The molecule has 6 heteroatoms. The predicted molar refractivity (Wildman–Crippen MR) is 132 cm³/mol. The number of ether oxygens (including phenoxy) is 1. The summed E-state index contributed by atoms with van der Waals surface area (Å²) in [6.07, 6.45) is 0. The summed E-state index contributed by atoms with van der Waals surface area (Å²) in [7, 11) is 0. The lowest BCUT2D eigenvalue weighted by atomic mass is 10.1. The first-order valence-electron chi connectivity index (χ1n) is 10.4. The Morgan fingerprint density at radius 1 is 0.909 bits per heavy atom. The Balaban J connectivity index is 1.25. The molecule has 0 unspecified atom stereocenters. The molecule has 2 N–H and O–H groups in total. The number of hydrogen-bond acceptors (Lipinski definition) is 5. The van der Waals surface area contributed by atoms with Gasteiger partial charge in [0.05, 0.1) is 15.8 Å². The third kappa shape index (κ3) is 4.71. The Bertz CT molecular complexity index is 1380. The van der Waals surface area contributed by atoms with Crippen LogP contribution in [0.25, 0.3) is 20.8 Å². The zero-order valence-corrected chi connectivity index (χ0v) is 18.4. The quantitative estimate of drug-likeness (QED) is 0.308. The van der Waals surface area contributed by atoms with Gasteiger partial charge in [-0.25, -0.2) is 4.98 Å². The van der Waals surface area contributed by atoms with Crippen molar-refractivity contribution in [1.29, 1.82) is 0 Å². The molecule has 1 amide bonds. The molecule has 0 saturated heterocycles. The topological polar surface area (TPSA) is 71.5 Å². The van der Waals surface area contributed by atoms with E-state index in [0.29, 0.717) is 29.2 Å². The van der Waals surface area contributed by atoms with Gasteiger partial charge in [0.15, 0.2) is 0 Å². The Hall–Kier alpha value is -4.16. The number of benzene rings is 4. The molecule has 0 aliphatic rings. The summed E-state index contributed by atoms with van der Waals surface area (Å²) in [4.78, 5) is 17.2. The highest BCUT2D eigenvalue weighted by atomic mass is 32.1. The summed E-state index contributed by atoms with van der Waals surface area (Å²) in [5.74, 6) is 0.487. The van der Waals surface area contributed by atoms with Crippen molar-refractivity contribution in [3.8, 4) is 22.1 Å². The standard InChI is InChI=1S/C27H20N2O3S/c30-24-16-20(12-15-22(24)27-29-23-8-4-5-9-25(23)33-27)28-26(31)19-10-13-21(14-11-19)32-17-18-6-2-1-3-7-18/h1-16,30H,17H2,(H,28,31). The van der Waals surface area contributed by atoms with Crippen LogP contribution in [0, 0.1) is 0 Å². The summed E-state index contributed by atoms with van der Waals surface area (Å²) in [5.41, 5.74) is 3.61. The number of aromatic hydroxyl groups is 1. The first kappa shape index (κ1) is 20.7. The van der Waals surface area contributed by atoms with Crippen molar-refractivity contribution in [2.24, 2.45) is 0 Å². The summed E-state index contributed by atoms with van der Waals surface area (Å²) in [6.45, 7) is 0.465. The van der Waals surface area contributed by atoms with Crippen LogP contribution in [0.15, 0.2) is 97.1 Å². The molecule has 0 fully saturated rings. The first-order chi connectivity index (χ1) is 16.2. The number of para-hydroxylation sites is 1. The van der Waals surface area contributed by atoms with E-state index in [1.54, 1.807) is 36.4 Å². The van der Waals surface area contributed by atoms with Gasteiger partial charge in [-0.15, -0.1) is 11.3 Å². The van der Waals surface area contributed by atoms with E-state index in [2.05, 4.69) is 10.3 Å². The van der Waals surface area contributed by atoms with Crippen LogP contribution in [0.3, 0.4) is 0 Å². The molecule has 5 aromatic rings. The fourth-order valence-electron chi connectivity index (χ4n) is 3.42. The highest BCUT2D eigenvalue weighted by Gasteiger charge is 2.13. The fraction of sp³-hybridized carbons (Fsp3) is 0.0370. The van der Waals surface area contributed by atoms with Crippen molar-refractivity contribution in [2.75, 3.05) is 5.32 Å². The molecular formula is C27H20N2O3S. The highest BCUT2D eigenvalue weighted by molar-refractivity contribution is 7.21. The Kier molecular flexibility index (Phi) is 5.74. The van der Waals surface area contributed by atoms with Crippen LogP contribution in [0.2, 0.25) is 0 Å². The molecule has 0 saturated carbocycles. The van der Waals surface area contributed by atoms with Gasteiger partial charge >= 0.3 is 0 Å². The average Bonchev–Trinajstić information content (AvgIpc) is 3.28. The molecule has 0 aliphatic heterocycles. The maximum Gasteiger partial charge on any atom is 0.255 e. The van der Waals surface area contributed by atoms with Crippen molar-refractivity contribution in [3.63, 3.8) is 0 Å². The molecule has 5 nitrogen and oxygen atoms in total. The molecule has 33 heavy (non-hydrogen) atoms. The molecule has 0 radical (unpaired) electrons. The minimum atomic E-state index is -0.267. The van der Waals surface area contributed by atoms with E-state index >= 15 is 0 Å². The van der Waals surface area contributed by atoms with Gasteiger partial charge in [0.25, 0.3) is 5.91 Å². The smallest absolute Gasteiger partial charge is 0.255 e.